The van der Waals surface area contributed by atoms with Gasteiger partial charge in [-0.1, -0.05) is 6.07 Å². The molecule has 3 N–H and O–H groups in total. The molecule has 116 valence electrons. The monoisotopic (exact) mass is 327 g/mol. The van der Waals surface area contributed by atoms with Crippen LogP contribution in [0.4, 0.5) is 30.7 Å². The summed E-state index contributed by atoms with van der Waals surface area (Å²) in [4.78, 5) is 0. The SMILES string of the molecule is Cl.N[C@H](c1ccc(F)c(C(F)(F)F)c1)[C@@H](O)C(F)(F)F. The van der Waals surface area contributed by atoms with Gasteiger partial charge in [-0.25, -0.2) is 4.39 Å². The summed E-state index contributed by atoms with van der Waals surface area (Å²) in [6.07, 6.45) is -13.2. The smallest absolute Gasteiger partial charge is 0.382 e. The molecular formula is C10H9ClF7NO. The Hall–Kier alpha value is -1.06. The first-order chi connectivity index (χ1) is 8.44. The molecule has 1 aromatic rings. The van der Waals surface area contributed by atoms with Crippen LogP contribution >= 0.6 is 12.4 Å². The Labute approximate surface area is 114 Å². The maximum absolute atomic E-state index is 12.9. The highest BCUT2D eigenvalue weighted by Crippen LogP contribution is 2.35. The van der Waals surface area contributed by atoms with E-state index in [1.807, 2.05) is 0 Å². The van der Waals surface area contributed by atoms with Crippen LogP contribution in [0.25, 0.3) is 0 Å². The van der Waals surface area contributed by atoms with Gasteiger partial charge in [0.2, 0.25) is 0 Å². The van der Waals surface area contributed by atoms with Crippen molar-refractivity contribution in [2.75, 3.05) is 0 Å². The van der Waals surface area contributed by atoms with E-state index in [0.717, 1.165) is 0 Å². The first-order valence-electron chi connectivity index (χ1n) is 4.81. The minimum atomic E-state index is -5.09. The van der Waals surface area contributed by atoms with Crippen LogP contribution in [0.1, 0.15) is 17.2 Å². The van der Waals surface area contributed by atoms with Gasteiger partial charge in [-0.05, 0) is 17.7 Å². The summed E-state index contributed by atoms with van der Waals surface area (Å²) in [5, 5.41) is 8.85. The highest BCUT2D eigenvalue weighted by molar-refractivity contribution is 5.85. The van der Waals surface area contributed by atoms with Crippen molar-refractivity contribution in [3.05, 3.63) is 35.1 Å². The van der Waals surface area contributed by atoms with Gasteiger partial charge in [0.25, 0.3) is 0 Å². The van der Waals surface area contributed by atoms with Crippen molar-refractivity contribution < 1.29 is 35.8 Å². The first kappa shape index (κ1) is 18.9. The Morgan fingerprint density at radius 1 is 1.05 bits per heavy atom. The van der Waals surface area contributed by atoms with Gasteiger partial charge in [0.05, 0.1) is 11.6 Å². The average Bonchev–Trinajstić information content (AvgIpc) is 2.25. The molecule has 0 aromatic heterocycles. The summed E-state index contributed by atoms with van der Waals surface area (Å²) in [5.41, 5.74) is 2.62. The number of benzene rings is 1. The van der Waals surface area contributed by atoms with Crippen LogP contribution in [-0.2, 0) is 6.18 Å². The molecule has 0 aliphatic carbocycles. The van der Waals surface area contributed by atoms with Crippen LogP contribution in [-0.4, -0.2) is 17.4 Å². The van der Waals surface area contributed by atoms with Gasteiger partial charge >= 0.3 is 12.4 Å². The van der Waals surface area contributed by atoms with E-state index in [1.165, 1.54) is 0 Å². The largest absolute Gasteiger partial charge is 0.419 e. The summed E-state index contributed by atoms with van der Waals surface area (Å²) < 4.78 is 86.5. The minimum absolute atomic E-state index is 0. The number of halogens is 8. The quantitative estimate of drug-likeness (QED) is 0.820. The molecule has 0 heterocycles. The average molecular weight is 328 g/mol. The van der Waals surface area contributed by atoms with E-state index in [2.05, 4.69) is 0 Å². The lowest BCUT2D eigenvalue weighted by Gasteiger charge is -2.22. The second-order valence-electron chi connectivity index (χ2n) is 3.75. The normalized spacial score (nSPS) is 15.4. The van der Waals surface area contributed by atoms with Gasteiger partial charge in [0.15, 0.2) is 6.10 Å². The zero-order valence-electron chi connectivity index (χ0n) is 9.47. The molecule has 20 heavy (non-hydrogen) atoms. The molecule has 10 heteroatoms. The third-order valence-electron chi connectivity index (χ3n) is 2.36. The number of aliphatic hydroxyl groups is 1. The Bertz CT molecular complexity index is 460. The molecule has 0 saturated heterocycles. The highest BCUT2D eigenvalue weighted by Gasteiger charge is 2.43. The van der Waals surface area contributed by atoms with Crippen molar-refractivity contribution in [1.29, 1.82) is 0 Å². The van der Waals surface area contributed by atoms with Crippen molar-refractivity contribution in [2.24, 2.45) is 5.73 Å². The van der Waals surface area contributed by atoms with Gasteiger partial charge in [0, 0.05) is 0 Å². The van der Waals surface area contributed by atoms with Crippen molar-refractivity contribution in [1.82, 2.24) is 0 Å². The Morgan fingerprint density at radius 3 is 1.95 bits per heavy atom. The second-order valence-corrected chi connectivity index (χ2v) is 3.75. The summed E-state index contributed by atoms with van der Waals surface area (Å²) in [6, 6.07) is -0.984. The minimum Gasteiger partial charge on any atom is -0.382 e. The molecule has 0 unspecified atom stereocenters. The summed E-state index contributed by atoms with van der Waals surface area (Å²) in [6.45, 7) is 0. The molecule has 0 spiro atoms. The number of rotatable bonds is 2. The molecule has 0 fully saturated rings. The van der Waals surface area contributed by atoms with Crippen LogP contribution < -0.4 is 5.73 Å². The molecule has 1 rings (SSSR count). The van der Waals surface area contributed by atoms with Gasteiger partial charge < -0.3 is 10.8 Å². The molecule has 2 nitrogen and oxygen atoms in total. The van der Waals surface area contributed by atoms with E-state index in [4.69, 9.17) is 10.8 Å². The van der Waals surface area contributed by atoms with Crippen LogP contribution in [0.5, 0.6) is 0 Å². The number of nitrogens with two attached hydrogens (primary N) is 1. The number of aliphatic hydroxyl groups excluding tert-OH is 1. The predicted octanol–water partition coefficient (Wildman–Crippen LogP) is 3.19. The van der Waals surface area contributed by atoms with E-state index in [9.17, 15) is 30.7 Å². The standard InChI is InChI=1S/C10H8F7NO.ClH/c11-6-2-1-4(3-5(6)9(12,13)14)7(18)8(19)10(15,16)17;/h1-3,7-8,19H,18H2;1H/t7-,8-;/m1./s1. The van der Waals surface area contributed by atoms with Crippen LogP contribution in [0.3, 0.4) is 0 Å². The Morgan fingerprint density at radius 2 is 1.55 bits per heavy atom. The summed E-state index contributed by atoms with van der Waals surface area (Å²) in [5.74, 6) is -1.63. The molecular weight excluding hydrogens is 319 g/mol. The fraction of sp³-hybridized carbons (Fsp3) is 0.400. The third kappa shape index (κ3) is 4.22. The van der Waals surface area contributed by atoms with Gasteiger partial charge in [-0.3, -0.25) is 0 Å². The first-order valence-corrected chi connectivity index (χ1v) is 4.81. The van der Waals surface area contributed by atoms with Crippen molar-refractivity contribution >= 4 is 12.4 Å². The summed E-state index contributed by atoms with van der Waals surface area (Å²) in [7, 11) is 0. The van der Waals surface area contributed by atoms with E-state index < -0.39 is 41.4 Å². The summed E-state index contributed by atoms with van der Waals surface area (Å²) >= 11 is 0. The van der Waals surface area contributed by atoms with Crippen molar-refractivity contribution in [3.8, 4) is 0 Å². The Kier molecular flexibility index (Phi) is 5.82. The molecule has 0 aliphatic rings. The lowest BCUT2D eigenvalue weighted by Crippen LogP contribution is -2.39. The number of hydrogen-bond donors (Lipinski definition) is 2. The lowest BCUT2D eigenvalue weighted by atomic mass is 9.99. The molecule has 0 amide bonds. The van der Waals surface area contributed by atoms with Gasteiger partial charge in [-0.15, -0.1) is 12.4 Å². The van der Waals surface area contributed by atoms with Gasteiger partial charge in [-0.2, -0.15) is 26.3 Å². The zero-order valence-corrected chi connectivity index (χ0v) is 10.3. The molecule has 2 atom stereocenters. The maximum Gasteiger partial charge on any atom is 0.419 e. The molecule has 0 bridgehead atoms. The van der Waals surface area contributed by atoms with Gasteiger partial charge in [0.1, 0.15) is 5.82 Å². The van der Waals surface area contributed by atoms with Crippen molar-refractivity contribution in [2.45, 2.75) is 24.5 Å². The molecule has 1 aromatic carbocycles. The van der Waals surface area contributed by atoms with Crippen molar-refractivity contribution in [3.63, 3.8) is 0 Å². The fourth-order valence-corrected chi connectivity index (χ4v) is 1.35. The lowest BCUT2D eigenvalue weighted by molar-refractivity contribution is -0.210. The number of hydrogen-bond acceptors (Lipinski definition) is 2. The fourth-order valence-electron chi connectivity index (χ4n) is 1.35. The maximum atomic E-state index is 12.9. The van der Waals surface area contributed by atoms with E-state index in [0.29, 0.717) is 12.1 Å². The Balaban J connectivity index is 0.00000361. The molecule has 0 saturated carbocycles. The second kappa shape index (κ2) is 6.15. The van der Waals surface area contributed by atoms with E-state index in [1.54, 1.807) is 0 Å². The van der Waals surface area contributed by atoms with E-state index >= 15 is 0 Å². The number of alkyl halides is 6. The molecule has 0 aliphatic heterocycles. The third-order valence-corrected chi connectivity index (χ3v) is 2.36. The highest BCUT2D eigenvalue weighted by atomic mass is 35.5. The van der Waals surface area contributed by atoms with E-state index in [-0.39, 0.29) is 18.5 Å². The van der Waals surface area contributed by atoms with Crippen LogP contribution in [0, 0.1) is 5.82 Å². The topological polar surface area (TPSA) is 46.2 Å². The van der Waals surface area contributed by atoms with Crippen LogP contribution in [0.2, 0.25) is 0 Å². The van der Waals surface area contributed by atoms with Crippen LogP contribution in [0.15, 0.2) is 18.2 Å². The predicted molar refractivity (Wildman–Crippen MR) is 57.6 cm³/mol. The molecule has 0 radical (unpaired) electrons. The zero-order chi connectivity index (χ0) is 15.0.